The first-order valence-electron chi connectivity index (χ1n) is 13.1. The van der Waals surface area contributed by atoms with Gasteiger partial charge in [-0.2, -0.15) is 0 Å². The Morgan fingerprint density at radius 2 is 1.00 bits per heavy atom. The van der Waals surface area contributed by atoms with E-state index < -0.39 is 0 Å². The molecule has 4 heteroatoms. The summed E-state index contributed by atoms with van der Waals surface area (Å²) in [5, 5.41) is 0. The van der Waals surface area contributed by atoms with Crippen LogP contribution in [0, 0.1) is 41.5 Å². The normalized spacial score (nSPS) is 15.5. The highest BCUT2D eigenvalue weighted by molar-refractivity contribution is 5.81. The van der Waals surface area contributed by atoms with Crippen LogP contribution in [0.15, 0.2) is 48.5 Å². The quantitative estimate of drug-likeness (QED) is 0.347. The third-order valence-corrected chi connectivity index (χ3v) is 7.26. The molecule has 0 amide bonds. The van der Waals surface area contributed by atoms with E-state index in [1.54, 1.807) is 0 Å². The van der Waals surface area contributed by atoms with Gasteiger partial charge >= 0.3 is 0 Å². The van der Waals surface area contributed by atoms with Crippen LogP contribution in [0.1, 0.15) is 44.5 Å². The molecule has 4 nitrogen and oxygen atoms in total. The second-order valence-corrected chi connectivity index (χ2v) is 10.7. The fourth-order valence-corrected chi connectivity index (χ4v) is 6.00. The lowest BCUT2D eigenvalue weighted by Gasteiger charge is -2.24. The third-order valence-electron chi connectivity index (χ3n) is 7.26. The average molecular weight is 479 g/mol. The van der Waals surface area contributed by atoms with Crippen molar-refractivity contribution in [3.8, 4) is 0 Å². The van der Waals surface area contributed by atoms with Crippen molar-refractivity contribution in [2.45, 2.75) is 54.6 Å². The lowest BCUT2D eigenvalue weighted by Crippen LogP contribution is -2.20. The maximum Gasteiger partial charge on any atom is 0.131 e. The molecule has 2 aliphatic rings. The summed E-state index contributed by atoms with van der Waals surface area (Å²) in [5.41, 5.74) is 13.2. The summed E-state index contributed by atoms with van der Waals surface area (Å²) in [4.78, 5) is 4.59. The van der Waals surface area contributed by atoms with E-state index >= 15 is 0 Å². The molecule has 0 atom stereocenters. The Balaban J connectivity index is 1.28. The Kier molecular flexibility index (Phi) is 6.70. The lowest BCUT2D eigenvalue weighted by molar-refractivity contribution is -0.531. The number of rotatable bonds is 6. The SMILES string of the molecule is Cc1cc(C)c(N2[C-]=[N+](Cc3cccc(C[N+]4=[C-]N(c5c(C)cc(C)cc5C)CC4)c3)CC2)c(C)c1. The molecule has 186 valence electrons. The fraction of sp³-hybridized carbons (Fsp3) is 0.375. The molecule has 0 aromatic heterocycles. The molecule has 0 saturated carbocycles. The van der Waals surface area contributed by atoms with E-state index in [-0.39, 0.29) is 0 Å². The van der Waals surface area contributed by atoms with Gasteiger partial charge in [0.25, 0.3) is 0 Å². The zero-order valence-electron chi connectivity index (χ0n) is 22.7. The summed E-state index contributed by atoms with van der Waals surface area (Å²) in [5.74, 6) is 0. The van der Waals surface area contributed by atoms with Gasteiger partial charge in [0, 0.05) is 0 Å². The van der Waals surface area contributed by atoms with Crippen molar-refractivity contribution < 1.29 is 9.15 Å². The number of nitrogens with zero attached hydrogens (tertiary/aromatic N) is 4. The second-order valence-electron chi connectivity index (χ2n) is 10.7. The molecule has 3 aromatic rings. The van der Waals surface area contributed by atoms with Gasteiger partial charge in [0.2, 0.25) is 0 Å². The predicted molar refractivity (Wildman–Crippen MR) is 150 cm³/mol. The molecular formula is C32H38N4. The molecule has 0 radical (unpaired) electrons. The van der Waals surface area contributed by atoms with Gasteiger partial charge in [0.05, 0.1) is 26.2 Å². The van der Waals surface area contributed by atoms with Crippen LogP contribution in [0.25, 0.3) is 0 Å². The van der Waals surface area contributed by atoms with Crippen molar-refractivity contribution in [3.05, 3.63) is 93.0 Å². The van der Waals surface area contributed by atoms with Crippen LogP contribution in [-0.4, -0.2) is 48.0 Å². The Labute approximate surface area is 216 Å². The van der Waals surface area contributed by atoms with Gasteiger partial charge in [0.15, 0.2) is 0 Å². The summed E-state index contributed by atoms with van der Waals surface area (Å²) in [6.07, 6.45) is 7.25. The minimum Gasteiger partial charge on any atom is -0.391 e. The van der Waals surface area contributed by atoms with Crippen molar-refractivity contribution in [3.63, 3.8) is 0 Å². The summed E-state index contributed by atoms with van der Waals surface area (Å²) < 4.78 is 4.63. The number of anilines is 2. The number of hydrogen-bond donors (Lipinski definition) is 0. The molecule has 0 fully saturated rings. The highest BCUT2D eigenvalue weighted by Crippen LogP contribution is 2.28. The van der Waals surface area contributed by atoms with E-state index in [4.69, 9.17) is 0 Å². The van der Waals surface area contributed by atoms with E-state index in [0.717, 1.165) is 39.3 Å². The van der Waals surface area contributed by atoms with Gasteiger partial charge in [0.1, 0.15) is 25.8 Å². The number of hydrogen-bond acceptors (Lipinski definition) is 2. The molecule has 2 heterocycles. The standard InChI is InChI=1S/C32H38N4/c1-23-14-25(3)31(26(4)15-23)35-12-10-33(21-35)19-29-8-7-9-30(18-29)20-34-11-13-36(22-34)32-27(5)16-24(2)17-28(32)6/h7-9,14-18H,10-13,19-20H2,1-6H3. The van der Waals surface area contributed by atoms with Crippen LogP contribution in [0.5, 0.6) is 0 Å². The van der Waals surface area contributed by atoms with Gasteiger partial charge in [-0.25, -0.2) is 0 Å². The number of aryl methyl sites for hydroxylation is 6. The van der Waals surface area contributed by atoms with Gasteiger partial charge < -0.3 is 19.0 Å². The zero-order chi connectivity index (χ0) is 25.4. The first kappa shape index (κ1) is 24.3. The van der Waals surface area contributed by atoms with Crippen LogP contribution in [0.4, 0.5) is 11.4 Å². The van der Waals surface area contributed by atoms with Crippen molar-refractivity contribution in [1.82, 2.24) is 0 Å². The van der Waals surface area contributed by atoms with Gasteiger partial charge in [-0.05, 0) is 42.4 Å². The first-order chi connectivity index (χ1) is 17.3. The summed E-state index contributed by atoms with van der Waals surface area (Å²) in [6, 6.07) is 18.1. The van der Waals surface area contributed by atoms with Crippen LogP contribution in [0.2, 0.25) is 0 Å². The molecule has 3 aromatic carbocycles. The third kappa shape index (κ3) is 5.09. The Morgan fingerprint density at radius 1 is 0.611 bits per heavy atom. The topological polar surface area (TPSA) is 12.5 Å². The molecule has 5 rings (SSSR count). The van der Waals surface area contributed by atoms with E-state index in [0.29, 0.717) is 0 Å². The molecule has 0 unspecified atom stereocenters. The van der Waals surface area contributed by atoms with Crippen molar-refractivity contribution in [2.75, 3.05) is 36.0 Å². The summed E-state index contributed by atoms with van der Waals surface area (Å²) in [7, 11) is 0. The van der Waals surface area contributed by atoms with E-state index in [1.807, 2.05) is 0 Å². The largest absolute Gasteiger partial charge is 0.391 e. The maximum absolute atomic E-state index is 3.63. The Hall–Kier alpha value is -3.40. The van der Waals surface area contributed by atoms with Crippen LogP contribution in [0.3, 0.4) is 0 Å². The monoisotopic (exact) mass is 478 g/mol. The predicted octanol–water partition coefficient (Wildman–Crippen LogP) is 5.41. The van der Waals surface area contributed by atoms with Crippen molar-refractivity contribution in [1.29, 1.82) is 0 Å². The van der Waals surface area contributed by atoms with Gasteiger partial charge in [-0.1, -0.05) is 104 Å². The smallest absolute Gasteiger partial charge is 0.131 e. The Morgan fingerprint density at radius 3 is 1.39 bits per heavy atom. The fourth-order valence-electron chi connectivity index (χ4n) is 6.00. The highest BCUT2D eigenvalue weighted by atomic mass is 15.3. The van der Waals surface area contributed by atoms with Crippen LogP contribution < -0.4 is 9.80 Å². The average Bonchev–Trinajstić information content (AvgIpc) is 3.42. The van der Waals surface area contributed by atoms with E-state index in [1.165, 1.54) is 55.9 Å². The first-order valence-corrected chi connectivity index (χ1v) is 13.1. The molecule has 0 saturated heterocycles. The van der Waals surface area contributed by atoms with Gasteiger partial charge in [-0.3, -0.25) is 0 Å². The van der Waals surface area contributed by atoms with E-state index in [9.17, 15) is 0 Å². The molecule has 0 aliphatic carbocycles. The molecule has 0 spiro atoms. The minimum atomic E-state index is 0.885. The highest BCUT2D eigenvalue weighted by Gasteiger charge is 2.18. The number of benzene rings is 3. The summed E-state index contributed by atoms with van der Waals surface area (Å²) in [6.45, 7) is 18.9. The van der Waals surface area contributed by atoms with Gasteiger partial charge in [-0.15, -0.1) is 0 Å². The van der Waals surface area contributed by atoms with E-state index in [2.05, 4.69) is 122 Å². The molecule has 2 aliphatic heterocycles. The molecule has 36 heavy (non-hydrogen) atoms. The molecule has 0 bridgehead atoms. The van der Waals surface area contributed by atoms with Crippen molar-refractivity contribution in [2.24, 2.45) is 0 Å². The summed E-state index contributed by atoms with van der Waals surface area (Å²) >= 11 is 0. The molecular weight excluding hydrogens is 440 g/mol. The van der Waals surface area contributed by atoms with Crippen LogP contribution in [-0.2, 0) is 13.1 Å². The zero-order valence-corrected chi connectivity index (χ0v) is 22.7. The second kappa shape index (κ2) is 9.93. The van der Waals surface area contributed by atoms with Crippen LogP contribution >= 0.6 is 0 Å². The van der Waals surface area contributed by atoms with Crippen molar-refractivity contribution >= 4 is 24.1 Å². The Bertz CT molecular complexity index is 1220. The maximum atomic E-state index is 3.63. The minimum absolute atomic E-state index is 0.885. The lowest BCUT2D eigenvalue weighted by atomic mass is 10.0. The molecule has 0 N–H and O–H groups in total.